The van der Waals surface area contributed by atoms with Gasteiger partial charge in [-0.15, -0.1) is 11.8 Å². The van der Waals surface area contributed by atoms with Crippen LogP contribution in [0.15, 0.2) is 18.2 Å². The van der Waals surface area contributed by atoms with Crippen LogP contribution >= 0.6 is 11.8 Å². The average molecular weight is 474 g/mol. The largest absolute Gasteiger partial charge is 0.394 e. The molecule has 33 heavy (non-hydrogen) atoms. The van der Waals surface area contributed by atoms with Crippen molar-refractivity contribution in [2.45, 2.75) is 69.0 Å². The number of nitrogens with one attached hydrogen (secondary N) is 2. The normalized spacial score (nSPS) is 31.1. The van der Waals surface area contributed by atoms with E-state index in [4.69, 9.17) is 0 Å². The van der Waals surface area contributed by atoms with E-state index >= 15 is 0 Å². The number of anilines is 1. The topological polar surface area (TPSA) is 98.7 Å². The molecule has 1 aromatic carbocycles. The van der Waals surface area contributed by atoms with Gasteiger partial charge in [-0.25, -0.2) is 0 Å². The fourth-order valence-corrected chi connectivity index (χ4v) is 8.35. The number of carbonyl (C=O) groups is 3. The third kappa shape index (κ3) is 3.85. The Bertz CT molecular complexity index is 967. The number of thioether (sulfide) groups is 1. The first-order valence-electron chi connectivity index (χ1n) is 11.8. The van der Waals surface area contributed by atoms with Crippen LogP contribution in [0.5, 0.6) is 0 Å². The lowest BCUT2D eigenvalue weighted by Gasteiger charge is -2.37. The predicted molar refractivity (Wildman–Crippen MR) is 130 cm³/mol. The lowest BCUT2D eigenvalue weighted by molar-refractivity contribution is -0.142. The van der Waals surface area contributed by atoms with Crippen LogP contribution in [0.1, 0.15) is 44.2 Å². The second kappa shape index (κ2) is 8.95. The number of benzene rings is 1. The monoisotopic (exact) mass is 473 g/mol. The molecule has 2 unspecified atom stereocenters. The van der Waals surface area contributed by atoms with Gasteiger partial charge in [0.2, 0.25) is 17.7 Å². The van der Waals surface area contributed by atoms with Crippen molar-refractivity contribution in [2.75, 3.05) is 19.0 Å². The summed E-state index contributed by atoms with van der Waals surface area (Å²) in [7, 11) is 1.60. The molecule has 180 valence electrons. The van der Waals surface area contributed by atoms with Crippen molar-refractivity contribution in [3.8, 4) is 0 Å². The third-order valence-electron chi connectivity index (χ3n) is 7.53. The minimum absolute atomic E-state index is 0.0368. The fourth-order valence-electron chi connectivity index (χ4n) is 6.14. The average Bonchev–Trinajstić information content (AvgIpc) is 3.41. The number of aliphatic hydroxyl groups excluding tert-OH is 1. The van der Waals surface area contributed by atoms with Crippen LogP contribution in [0.4, 0.5) is 5.69 Å². The van der Waals surface area contributed by atoms with Crippen molar-refractivity contribution in [1.29, 1.82) is 0 Å². The Morgan fingerprint density at radius 1 is 1.27 bits per heavy atom. The summed E-state index contributed by atoms with van der Waals surface area (Å²) in [6.45, 7) is 7.80. The van der Waals surface area contributed by atoms with E-state index in [9.17, 15) is 19.5 Å². The summed E-state index contributed by atoms with van der Waals surface area (Å²) < 4.78 is -0.648. The van der Waals surface area contributed by atoms with Crippen LogP contribution in [0.2, 0.25) is 0 Å². The van der Waals surface area contributed by atoms with Gasteiger partial charge in [-0.2, -0.15) is 0 Å². The van der Waals surface area contributed by atoms with Crippen molar-refractivity contribution >= 4 is 35.2 Å². The number of aliphatic hydroxyl groups is 1. The lowest BCUT2D eigenvalue weighted by atomic mass is 9.70. The van der Waals surface area contributed by atoms with E-state index < -0.39 is 28.7 Å². The molecule has 0 aliphatic carbocycles. The van der Waals surface area contributed by atoms with Gasteiger partial charge in [0, 0.05) is 18.0 Å². The molecule has 1 spiro atoms. The summed E-state index contributed by atoms with van der Waals surface area (Å²) in [5, 5.41) is 16.1. The minimum atomic E-state index is -0.726. The van der Waals surface area contributed by atoms with E-state index in [1.165, 1.54) is 0 Å². The van der Waals surface area contributed by atoms with Crippen molar-refractivity contribution in [2.24, 2.45) is 17.8 Å². The Morgan fingerprint density at radius 2 is 2.00 bits per heavy atom. The Morgan fingerprint density at radius 3 is 2.64 bits per heavy atom. The maximum absolute atomic E-state index is 13.9. The standard InChI is InChI=1S/C25H35N3O4S/c1-13(2)10-16(12-29)28-21(23(31)27-17-11-14(3)6-7-15(17)4)25-9-8-18(33-25)19(22(30)26-5)20(25)24(28)32/h6-7,11,13,16,18-21,29H,8-10,12H2,1-5H3,(H,26,30)(H,27,31)/t16-,18-,19+,20+,21?,25?/m1/s1. The van der Waals surface area contributed by atoms with Crippen LogP contribution in [-0.4, -0.2) is 63.5 Å². The van der Waals surface area contributed by atoms with Gasteiger partial charge < -0.3 is 20.6 Å². The number of aryl methyl sites for hydroxylation is 2. The van der Waals surface area contributed by atoms with Gasteiger partial charge in [0.1, 0.15) is 6.04 Å². The molecule has 3 aliphatic rings. The van der Waals surface area contributed by atoms with Gasteiger partial charge >= 0.3 is 0 Å². The SMILES string of the molecule is CNC(=O)[C@@H]1[C@H]2C(=O)N([C@@H](CO)CC(C)C)C(C(=O)Nc3cc(C)ccc3C)C23CC[C@H]1S3. The minimum Gasteiger partial charge on any atom is -0.394 e. The zero-order valence-electron chi connectivity index (χ0n) is 20.1. The molecule has 3 amide bonds. The highest BCUT2D eigenvalue weighted by molar-refractivity contribution is 8.02. The number of fused-ring (bicyclic) bond motifs is 1. The molecule has 2 bridgehead atoms. The number of hydrogen-bond donors (Lipinski definition) is 3. The molecule has 0 radical (unpaired) electrons. The molecule has 4 rings (SSSR count). The van der Waals surface area contributed by atoms with Crippen molar-refractivity contribution in [3.05, 3.63) is 29.3 Å². The molecule has 7 nitrogen and oxygen atoms in total. The first-order chi connectivity index (χ1) is 15.6. The number of rotatable bonds is 7. The molecule has 6 atom stereocenters. The van der Waals surface area contributed by atoms with Crippen LogP contribution in [0, 0.1) is 31.6 Å². The number of carbonyl (C=O) groups excluding carboxylic acids is 3. The number of amides is 3. The Labute approximate surface area is 200 Å². The molecule has 3 aliphatic heterocycles. The second-order valence-electron chi connectivity index (χ2n) is 10.2. The van der Waals surface area contributed by atoms with Gasteiger partial charge in [0.15, 0.2) is 0 Å². The van der Waals surface area contributed by atoms with E-state index in [-0.39, 0.29) is 35.5 Å². The van der Waals surface area contributed by atoms with E-state index in [2.05, 4.69) is 10.6 Å². The van der Waals surface area contributed by atoms with Gasteiger partial charge in [-0.1, -0.05) is 26.0 Å². The van der Waals surface area contributed by atoms with Crippen molar-refractivity contribution in [1.82, 2.24) is 10.2 Å². The highest BCUT2D eigenvalue weighted by Gasteiger charge is 2.74. The smallest absolute Gasteiger partial charge is 0.248 e. The van der Waals surface area contributed by atoms with E-state index in [0.29, 0.717) is 12.8 Å². The zero-order valence-corrected chi connectivity index (χ0v) is 20.9. The van der Waals surface area contributed by atoms with Gasteiger partial charge in [0.25, 0.3) is 0 Å². The van der Waals surface area contributed by atoms with Crippen molar-refractivity contribution in [3.63, 3.8) is 0 Å². The zero-order chi connectivity index (χ0) is 24.1. The second-order valence-corrected chi connectivity index (χ2v) is 11.8. The molecule has 3 heterocycles. The first kappa shape index (κ1) is 24.1. The Hall–Kier alpha value is -2.06. The molecular formula is C25H35N3O4S. The molecule has 3 fully saturated rings. The highest BCUT2D eigenvalue weighted by atomic mass is 32.2. The Kier molecular flexibility index (Phi) is 6.53. The summed E-state index contributed by atoms with van der Waals surface area (Å²) in [5.41, 5.74) is 2.72. The number of nitrogens with zero attached hydrogens (tertiary/aromatic N) is 1. The van der Waals surface area contributed by atoms with Crippen molar-refractivity contribution < 1.29 is 19.5 Å². The predicted octanol–water partition coefficient (Wildman–Crippen LogP) is 2.49. The van der Waals surface area contributed by atoms with Gasteiger partial charge in [-0.3, -0.25) is 14.4 Å². The summed E-state index contributed by atoms with van der Waals surface area (Å²) in [6, 6.07) is 4.72. The molecule has 1 aromatic rings. The van der Waals surface area contributed by atoms with Gasteiger partial charge in [0.05, 0.1) is 29.2 Å². The Balaban J connectivity index is 1.77. The molecular weight excluding hydrogens is 438 g/mol. The lowest BCUT2D eigenvalue weighted by Crippen LogP contribution is -2.55. The maximum Gasteiger partial charge on any atom is 0.248 e. The summed E-state index contributed by atoms with van der Waals surface area (Å²) in [6.07, 6.45) is 2.12. The van der Waals surface area contributed by atoms with E-state index in [0.717, 1.165) is 23.2 Å². The molecule has 3 N–H and O–H groups in total. The highest BCUT2D eigenvalue weighted by Crippen LogP contribution is 2.66. The summed E-state index contributed by atoms with van der Waals surface area (Å²) >= 11 is 1.64. The van der Waals surface area contributed by atoms with Crippen LogP contribution in [-0.2, 0) is 14.4 Å². The number of likely N-dealkylation sites (tertiary alicyclic amines) is 1. The molecule has 0 aromatic heterocycles. The molecule has 0 saturated carbocycles. The third-order valence-corrected chi connectivity index (χ3v) is 9.49. The molecule has 3 saturated heterocycles. The van der Waals surface area contributed by atoms with Crippen LogP contribution < -0.4 is 10.6 Å². The molecule has 8 heteroatoms. The maximum atomic E-state index is 13.9. The summed E-state index contributed by atoms with van der Waals surface area (Å²) in [4.78, 5) is 42.3. The van der Waals surface area contributed by atoms with E-state index in [1.807, 2.05) is 45.9 Å². The van der Waals surface area contributed by atoms with Crippen LogP contribution in [0.25, 0.3) is 0 Å². The van der Waals surface area contributed by atoms with Gasteiger partial charge in [-0.05, 0) is 56.2 Å². The fraction of sp³-hybridized carbons (Fsp3) is 0.640. The first-order valence-corrected chi connectivity index (χ1v) is 12.7. The summed E-state index contributed by atoms with van der Waals surface area (Å²) in [5.74, 6) is -1.27. The number of hydrogen-bond acceptors (Lipinski definition) is 5. The quantitative estimate of drug-likeness (QED) is 0.565. The van der Waals surface area contributed by atoms with Crippen LogP contribution in [0.3, 0.4) is 0 Å². The van der Waals surface area contributed by atoms with E-state index in [1.54, 1.807) is 23.7 Å².